The standard InChI is InChI=1S/C21H22ClN3O/c1-15-6-4-10-18(22)20(15)21(26)25(24-13-12-23-14-24)19-11-5-8-16-7-2-3-9-17(16)19/h4-6,8,10-11,14H,2-3,7,9,12-13H2,1H3. The number of hydrogen-bond acceptors (Lipinski definition) is 3. The third-order valence-corrected chi connectivity index (χ3v) is 5.47. The molecule has 0 aromatic heterocycles. The van der Waals surface area contributed by atoms with Crippen molar-refractivity contribution in [2.45, 2.75) is 32.6 Å². The number of hydrogen-bond donors (Lipinski definition) is 0. The summed E-state index contributed by atoms with van der Waals surface area (Å²) in [4.78, 5) is 17.9. The number of amides is 1. The molecule has 0 spiro atoms. The molecule has 0 saturated carbocycles. The zero-order chi connectivity index (χ0) is 18.1. The number of benzene rings is 2. The minimum atomic E-state index is -0.0968. The van der Waals surface area contributed by atoms with Crippen LogP contribution in [0.15, 0.2) is 41.4 Å². The number of anilines is 1. The molecular formula is C21H22ClN3O. The Bertz CT molecular complexity index is 857. The van der Waals surface area contributed by atoms with E-state index in [0.29, 0.717) is 23.7 Å². The maximum atomic E-state index is 13.6. The van der Waals surface area contributed by atoms with Gasteiger partial charge in [0.2, 0.25) is 0 Å². The number of hydrazine groups is 1. The van der Waals surface area contributed by atoms with E-state index in [0.717, 1.165) is 30.5 Å². The predicted molar refractivity (Wildman–Crippen MR) is 106 cm³/mol. The van der Waals surface area contributed by atoms with Crippen LogP contribution in [0.25, 0.3) is 0 Å². The SMILES string of the molecule is Cc1cccc(Cl)c1C(=O)N(c1cccc2c1CCCC2)N1C=NCC1. The Kier molecular flexibility index (Phi) is 4.68. The van der Waals surface area contributed by atoms with Crippen molar-refractivity contribution in [3.05, 3.63) is 63.7 Å². The van der Waals surface area contributed by atoms with Crippen LogP contribution in [0.3, 0.4) is 0 Å². The Balaban J connectivity index is 1.84. The highest BCUT2D eigenvalue weighted by Crippen LogP contribution is 2.33. The molecule has 134 valence electrons. The molecule has 0 radical (unpaired) electrons. The van der Waals surface area contributed by atoms with Gasteiger partial charge in [-0.1, -0.05) is 35.9 Å². The first-order valence-corrected chi connectivity index (χ1v) is 9.51. The molecule has 0 N–H and O–H groups in total. The third-order valence-electron chi connectivity index (χ3n) is 5.16. The van der Waals surface area contributed by atoms with Gasteiger partial charge in [-0.05, 0) is 61.4 Å². The highest BCUT2D eigenvalue weighted by Gasteiger charge is 2.30. The van der Waals surface area contributed by atoms with E-state index >= 15 is 0 Å². The molecule has 4 rings (SSSR count). The topological polar surface area (TPSA) is 35.9 Å². The number of nitrogens with zero attached hydrogens (tertiary/aromatic N) is 3. The quantitative estimate of drug-likeness (QED) is 0.804. The minimum absolute atomic E-state index is 0.0968. The lowest BCUT2D eigenvalue weighted by atomic mass is 9.90. The molecule has 0 fully saturated rings. The summed E-state index contributed by atoms with van der Waals surface area (Å²) >= 11 is 6.41. The lowest BCUT2D eigenvalue weighted by Gasteiger charge is -2.34. The van der Waals surface area contributed by atoms with E-state index in [1.165, 1.54) is 17.5 Å². The molecule has 0 bridgehead atoms. The number of carbonyl (C=O) groups is 1. The van der Waals surface area contributed by atoms with Crippen LogP contribution in [0, 0.1) is 6.92 Å². The van der Waals surface area contributed by atoms with Crippen LogP contribution in [-0.2, 0) is 12.8 Å². The smallest absolute Gasteiger partial charge is 0.272 e. The Labute approximate surface area is 159 Å². The van der Waals surface area contributed by atoms with Gasteiger partial charge in [0.05, 0.1) is 29.4 Å². The molecule has 0 unspecified atom stereocenters. The molecule has 2 aromatic carbocycles. The summed E-state index contributed by atoms with van der Waals surface area (Å²) in [6.45, 7) is 3.31. The molecule has 5 heteroatoms. The molecular weight excluding hydrogens is 346 g/mol. The summed E-state index contributed by atoms with van der Waals surface area (Å²) in [5, 5.41) is 4.17. The maximum Gasteiger partial charge on any atom is 0.278 e. The van der Waals surface area contributed by atoms with E-state index in [9.17, 15) is 4.79 Å². The molecule has 1 aliphatic heterocycles. The molecule has 2 aliphatic rings. The monoisotopic (exact) mass is 367 g/mol. The van der Waals surface area contributed by atoms with Gasteiger partial charge in [0.15, 0.2) is 0 Å². The van der Waals surface area contributed by atoms with E-state index in [2.05, 4.69) is 11.1 Å². The number of carbonyl (C=O) groups excluding carboxylic acids is 1. The van der Waals surface area contributed by atoms with Gasteiger partial charge in [-0.3, -0.25) is 14.8 Å². The van der Waals surface area contributed by atoms with Gasteiger partial charge in [-0.15, -0.1) is 0 Å². The zero-order valence-electron chi connectivity index (χ0n) is 14.9. The zero-order valence-corrected chi connectivity index (χ0v) is 15.7. The third kappa shape index (κ3) is 2.99. The first-order chi connectivity index (χ1) is 12.7. The molecule has 2 aromatic rings. The average molecular weight is 368 g/mol. The van der Waals surface area contributed by atoms with Crippen molar-refractivity contribution in [2.75, 3.05) is 18.1 Å². The summed E-state index contributed by atoms with van der Waals surface area (Å²) in [5.41, 5.74) is 5.02. The highest BCUT2D eigenvalue weighted by atomic mass is 35.5. The number of rotatable bonds is 3. The highest BCUT2D eigenvalue weighted by molar-refractivity contribution is 6.34. The summed E-state index contributed by atoms with van der Waals surface area (Å²) in [7, 11) is 0. The summed E-state index contributed by atoms with van der Waals surface area (Å²) in [6.07, 6.45) is 6.20. The van der Waals surface area contributed by atoms with Crippen molar-refractivity contribution in [2.24, 2.45) is 4.99 Å². The van der Waals surface area contributed by atoms with Gasteiger partial charge in [0.1, 0.15) is 6.34 Å². The van der Waals surface area contributed by atoms with Crippen molar-refractivity contribution < 1.29 is 4.79 Å². The molecule has 1 aliphatic carbocycles. The first-order valence-electron chi connectivity index (χ1n) is 9.13. The van der Waals surface area contributed by atoms with Crippen LogP contribution >= 0.6 is 11.6 Å². The Morgan fingerprint density at radius 3 is 2.73 bits per heavy atom. The summed E-state index contributed by atoms with van der Waals surface area (Å²) in [5.74, 6) is -0.0968. The molecule has 1 heterocycles. The summed E-state index contributed by atoms with van der Waals surface area (Å²) < 4.78 is 0. The van der Waals surface area contributed by atoms with Gasteiger partial charge >= 0.3 is 0 Å². The molecule has 4 nitrogen and oxygen atoms in total. The second kappa shape index (κ2) is 7.12. The lowest BCUT2D eigenvalue weighted by Crippen LogP contribution is -2.46. The molecule has 0 atom stereocenters. The van der Waals surface area contributed by atoms with Crippen LogP contribution in [0.4, 0.5) is 5.69 Å². The van der Waals surface area contributed by atoms with Crippen molar-refractivity contribution >= 4 is 29.5 Å². The predicted octanol–water partition coefficient (Wildman–Crippen LogP) is 4.43. The Morgan fingerprint density at radius 1 is 1.15 bits per heavy atom. The van der Waals surface area contributed by atoms with Gasteiger partial charge < -0.3 is 0 Å². The van der Waals surface area contributed by atoms with E-state index in [1.54, 1.807) is 17.4 Å². The second-order valence-corrected chi connectivity index (χ2v) is 7.26. The van der Waals surface area contributed by atoms with Crippen LogP contribution in [0.5, 0.6) is 0 Å². The van der Waals surface area contributed by atoms with Crippen molar-refractivity contribution in [3.63, 3.8) is 0 Å². The van der Waals surface area contributed by atoms with E-state index in [1.807, 2.05) is 36.2 Å². The van der Waals surface area contributed by atoms with Gasteiger partial charge in [-0.2, -0.15) is 0 Å². The summed E-state index contributed by atoms with van der Waals surface area (Å²) in [6, 6.07) is 11.8. The van der Waals surface area contributed by atoms with E-state index in [-0.39, 0.29) is 5.91 Å². The largest absolute Gasteiger partial charge is 0.278 e. The number of halogens is 1. The van der Waals surface area contributed by atoms with Crippen LogP contribution < -0.4 is 5.01 Å². The normalized spacial score (nSPS) is 15.8. The van der Waals surface area contributed by atoms with Crippen molar-refractivity contribution in [1.29, 1.82) is 0 Å². The fourth-order valence-electron chi connectivity index (χ4n) is 3.85. The second-order valence-electron chi connectivity index (χ2n) is 6.86. The fourth-order valence-corrected chi connectivity index (χ4v) is 4.16. The van der Waals surface area contributed by atoms with Crippen LogP contribution in [0.2, 0.25) is 5.02 Å². The molecule has 1 amide bonds. The fraction of sp³-hybridized carbons (Fsp3) is 0.333. The molecule has 26 heavy (non-hydrogen) atoms. The molecule has 0 saturated heterocycles. The van der Waals surface area contributed by atoms with E-state index in [4.69, 9.17) is 11.6 Å². The van der Waals surface area contributed by atoms with Crippen LogP contribution in [0.1, 0.15) is 39.9 Å². The number of aliphatic imine (C=N–C) groups is 1. The van der Waals surface area contributed by atoms with Gasteiger partial charge in [-0.25, -0.2) is 5.01 Å². The number of fused-ring (bicyclic) bond motifs is 1. The maximum absolute atomic E-state index is 13.6. The first kappa shape index (κ1) is 17.1. The average Bonchev–Trinajstić information content (AvgIpc) is 3.16. The van der Waals surface area contributed by atoms with Gasteiger partial charge in [0.25, 0.3) is 5.91 Å². The minimum Gasteiger partial charge on any atom is -0.272 e. The lowest BCUT2D eigenvalue weighted by molar-refractivity contribution is 0.0942. The Morgan fingerprint density at radius 2 is 1.96 bits per heavy atom. The van der Waals surface area contributed by atoms with Gasteiger partial charge in [0, 0.05) is 0 Å². The van der Waals surface area contributed by atoms with Crippen LogP contribution in [-0.4, -0.2) is 30.3 Å². The van der Waals surface area contributed by atoms with Crippen molar-refractivity contribution in [3.8, 4) is 0 Å². The van der Waals surface area contributed by atoms with Crippen molar-refractivity contribution in [1.82, 2.24) is 5.01 Å². The van der Waals surface area contributed by atoms with E-state index < -0.39 is 0 Å². The number of aryl methyl sites for hydroxylation is 2. The Hall–Kier alpha value is -2.33.